The summed E-state index contributed by atoms with van der Waals surface area (Å²) >= 11 is 7.57. The van der Waals surface area contributed by atoms with Crippen molar-refractivity contribution in [2.45, 2.75) is 36.7 Å². The highest BCUT2D eigenvalue weighted by Gasteiger charge is 2.25. The molecule has 0 spiro atoms. The van der Waals surface area contributed by atoms with Crippen LogP contribution in [0.4, 0.5) is 0 Å². The molecule has 6 heteroatoms. The molecule has 0 N–H and O–H groups in total. The first kappa shape index (κ1) is 21.8. The summed E-state index contributed by atoms with van der Waals surface area (Å²) < 4.78 is 12.2. The van der Waals surface area contributed by atoms with E-state index < -0.39 is 0 Å². The van der Waals surface area contributed by atoms with Crippen molar-refractivity contribution < 1.29 is 9.15 Å². The lowest BCUT2D eigenvalue weighted by molar-refractivity contribution is 0.464. The van der Waals surface area contributed by atoms with Crippen LogP contribution >= 0.6 is 23.4 Å². The third-order valence-corrected chi connectivity index (χ3v) is 6.77. The Morgan fingerprint density at radius 1 is 0.848 bits per heavy atom. The minimum atomic E-state index is -0.0304. The largest absolute Gasteiger partial charge is 0.457 e. The van der Waals surface area contributed by atoms with Crippen molar-refractivity contribution in [2.75, 3.05) is 0 Å². The van der Waals surface area contributed by atoms with Crippen LogP contribution in [0.25, 0.3) is 17.2 Å². The summed E-state index contributed by atoms with van der Waals surface area (Å²) in [7, 11) is 0. The molecule has 4 aromatic rings. The number of benzene rings is 3. The van der Waals surface area contributed by atoms with Crippen LogP contribution in [0.15, 0.2) is 88.5 Å². The molecule has 0 saturated heterocycles. The van der Waals surface area contributed by atoms with Gasteiger partial charge in [-0.1, -0.05) is 74.5 Å². The number of hydrogen-bond donors (Lipinski definition) is 0. The zero-order valence-corrected chi connectivity index (χ0v) is 20.2. The molecule has 0 aliphatic carbocycles. The lowest BCUT2D eigenvalue weighted by Gasteiger charge is -2.23. The predicted molar refractivity (Wildman–Crippen MR) is 134 cm³/mol. The Balaban J connectivity index is 1.42. The van der Waals surface area contributed by atoms with Gasteiger partial charge in [-0.2, -0.15) is 0 Å². The van der Waals surface area contributed by atoms with E-state index in [0.29, 0.717) is 16.1 Å². The topological polar surface area (TPSA) is 48.2 Å². The molecule has 0 bridgehead atoms. The molecule has 166 valence electrons. The van der Waals surface area contributed by atoms with E-state index in [1.807, 2.05) is 54.6 Å². The number of halogens is 1. The number of para-hydroxylation sites is 1. The molecule has 1 aliphatic heterocycles. The Kier molecular flexibility index (Phi) is 5.77. The number of nitrogens with zero attached hydrogens (tertiary/aromatic N) is 2. The molecule has 4 nitrogen and oxygen atoms in total. The fourth-order valence-corrected chi connectivity index (χ4v) is 4.72. The summed E-state index contributed by atoms with van der Waals surface area (Å²) in [4.78, 5) is 0. The van der Waals surface area contributed by atoms with Crippen molar-refractivity contribution in [3.05, 3.63) is 101 Å². The first-order chi connectivity index (χ1) is 15.9. The van der Waals surface area contributed by atoms with Crippen molar-refractivity contribution in [2.24, 2.45) is 0 Å². The van der Waals surface area contributed by atoms with E-state index in [-0.39, 0.29) is 10.7 Å². The lowest BCUT2D eigenvalue weighted by atomic mass is 9.87. The van der Waals surface area contributed by atoms with Gasteiger partial charge in [-0.05, 0) is 59.5 Å². The van der Waals surface area contributed by atoms with Crippen LogP contribution in [-0.4, -0.2) is 10.2 Å². The third-order valence-electron chi connectivity index (χ3n) is 5.51. The molecule has 0 fully saturated rings. The van der Waals surface area contributed by atoms with E-state index in [9.17, 15) is 0 Å². The smallest absolute Gasteiger partial charge is 0.277 e. The van der Waals surface area contributed by atoms with Crippen LogP contribution in [0, 0.1) is 0 Å². The van der Waals surface area contributed by atoms with Crippen molar-refractivity contribution >= 4 is 29.1 Å². The second-order valence-corrected chi connectivity index (χ2v) is 10.4. The second-order valence-electron chi connectivity index (χ2n) is 8.92. The zero-order chi connectivity index (χ0) is 23.0. The van der Waals surface area contributed by atoms with Gasteiger partial charge in [0.2, 0.25) is 5.89 Å². The molecule has 1 aromatic heterocycles. The van der Waals surface area contributed by atoms with Crippen molar-refractivity contribution in [1.82, 2.24) is 10.2 Å². The number of hydrogen-bond acceptors (Lipinski definition) is 5. The van der Waals surface area contributed by atoms with Crippen LogP contribution in [0.1, 0.15) is 42.7 Å². The summed E-state index contributed by atoms with van der Waals surface area (Å²) in [6.45, 7) is 6.59. The van der Waals surface area contributed by atoms with E-state index in [4.69, 9.17) is 20.8 Å². The Morgan fingerprint density at radius 3 is 2.27 bits per heavy atom. The van der Waals surface area contributed by atoms with E-state index in [1.54, 1.807) is 0 Å². The monoisotopic (exact) mass is 474 g/mol. The molecule has 33 heavy (non-hydrogen) atoms. The maximum absolute atomic E-state index is 6.18. The quantitative estimate of drug-likeness (QED) is 0.300. The Labute approximate surface area is 202 Å². The minimum absolute atomic E-state index is 0.0304. The highest BCUT2D eigenvalue weighted by atomic mass is 35.5. The van der Waals surface area contributed by atoms with Crippen LogP contribution in [0.2, 0.25) is 5.02 Å². The lowest BCUT2D eigenvalue weighted by Crippen LogP contribution is -2.10. The molecule has 1 atom stereocenters. The minimum Gasteiger partial charge on any atom is -0.457 e. The first-order valence-corrected chi connectivity index (χ1v) is 12.0. The fraction of sp³-hybridized carbons (Fsp3) is 0.185. The van der Waals surface area contributed by atoms with Gasteiger partial charge in [0.15, 0.2) is 0 Å². The van der Waals surface area contributed by atoms with E-state index in [0.717, 1.165) is 28.2 Å². The van der Waals surface area contributed by atoms with Gasteiger partial charge in [-0.3, -0.25) is 0 Å². The van der Waals surface area contributed by atoms with Gasteiger partial charge in [0, 0.05) is 21.7 Å². The Hall–Kier alpha value is -3.02. The van der Waals surface area contributed by atoms with Crippen molar-refractivity contribution in [3.8, 4) is 17.2 Å². The molecule has 1 aliphatic rings. The van der Waals surface area contributed by atoms with Gasteiger partial charge >= 0.3 is 0 Å². The van der Waals surface area contributed by atoms with Crippen LogP contribution < -0.4 is 4.74 Å². The molecule has 0 saturated carbocycles. The summed E-state index contributed by atoms with van der Waals surface area (Å²) in [6, 6.07) is 23.9. The number of fused-ring (bicyclic) bond motifs is 1. The molecule has 0 amide bonds. The summed E-state index contributed by atoms with van der Waals surface area (Å²) in [5.41, 5.74) is 4.30. The van der Waals surface area contributed by atoms with Gasteiger partial charge in [-0.15, -0.1) is 10.2 Å². The maximum Gasteiger partial charge on any atom is 0.277 e. The van der Waals surface area contributed by atoms with Gasteiger partial charge in [-0.25, -0.2) is 0 Å². The molecule has 3 aromatic carbocycles. The van der Waals surface area contributed by atoms with Crippen LogP contribution in [0.5, 0.6) is 5.75 Å². The summed E-state index contributed by atoms with van der Waals surface area (Å²) in [5.74, 6) is 2.11. The molecular weight excluding hydrogens is 452 g/mol. The van der Waals surface area contributed by atoms with Crippen molar-refractivity contribution in [3.63, 3.8) is 0 Å². The molecule has 0 radical (unpaired) electrons. The van der Waals surface area contributed by atoms with Crippen LogP contribution in [-0.2, 0) is 5.41 Å². The summed E-state index contributed by atoms with van der Waals surface area (Å²) in [5, 5.41) is 9.75. The highest BCUT2D eigenvalue weighted by Crippen LogP contribution is 2.45. The fourth-order valence-electron chi connectivity index (χ4n) is 3.65. The maximum atomic E-state index is 6.18. The van der Waals surface area contributed by atoms with E-state index in [1.165, 1.54) is 17.3 Å². The van der Waals surface area contributed by atoms with Gasteiger partial charge in [0.05, 0.1) is 5.25 Å². The molecular formula is C27H23ClN2O2S. The molecule has 5 rings (SSSR count). The Bertz CT molecular complexity index is 1310. The standard InChI is InChI=1S/C27H23ClN2O2S/c1-27(2,3)19-12-8-18(9-13-19)25-29-30-26(32-25)33-24-16-23(17-10-14-20(28)15-11-17)31-22-7-5-4-6-21(22)24/h4-16,24H,1-3H3. The summed E-state index contributed by atoms with van der Waals surface area (Å²) in [6.07, 6.45) is 2.08. The van der Waals surface area contributed by atoms with E-state index in [2.05, 4.69) is 55.2 Å². The number of ether oxygens (including phenoxy) is 1. The zero-order valence-electron chi connectivity index (χ0n) is 18.6. The van der Waals surface area contributed by atoms with Crippen LogP contribution in [0.3, 0.4) is 0 Å². The van der Waals surface area contributed by atoms with Gasteiger partial charge in [0.25, 0.3) is 5.22 Å². The number of aromatic nitrogens is 2. The Morgan fingerprint density at radius 2 is 1.55 bits per heavy atom. The third kappa shape index (κ3) is 4.70. The molecule has 1 unspecified atom stereocenters. The van der Waals surface area contributed by atoms with Crippen molar-refractivity contribution in [1.29, 1.82) is 0 Å². The first-order valence-electron chi connectivity index (χ1n) is 10.7. The number of thioether (sulfide) groups is 1. The predicted octanol–water partition coefficient (Wildman–Crippen LogP) is 7.95. The normalized spacial score (nSPS) is 15.5. The SMILES string of the molecule is CC(C)(C)c1ccc(-c2nnc(SC3C=C(c4ccc(Cl)cc4)Oc4ccccc43)o2)cc1. The van der Waals surface area contributed by atoms with E-state index >= 15 is 0 Å². The second kappa shape index (κ2) is 8.73. The molecule has 2 heterocycles. The van der Waals surface area contributed by atoms with Gasteiger partial charge < -0.3 is 9.15 Å². The highest BCUT2D eigenvalue weighted by molar-refractivity contribution is 7.99. The van der Waals surface area contributed by atoms with Gasteiger partial charge in [0.1, 0.15) is 11.5 Å². The number of rotatable bonds is 4. The average Bonchev–Trinajstić information content (AvgIpc) is 3.27. The average molecular weight is 475 g/mol.